The molecule has 2 fully saturated rings. The van der Waals surface area contributed by atoms with Crippen LogP contribution >= 0.6 is 12.4 Å². The molecular formula is C18H23ClN4O3. The molecule has 1 saturated heterocycles. The molecule has 140 valence electrons. The van der Waals surface area contributed by atoms with Crippen molar-refractivity contribution in [3.05, 3.63) is 30.5 Å². The van der Waals surface area contributed by atoms with Gasteiger partial charge in [-0.25, -0.2) is 0 Å². The Balaban J connectivity index is 0.00000196. The molecule has 1 aliphatic carbocycles. The number of ether oxygens (including phenoxy) is 1. The fraction of sp³-hybridized carbons (Fsp3) is 0.444. The largest absolute Gasteiger partial charge is 0.378 e. The molecule has 2 heterocycles. The Morgan fingerprint density at radius 2 is 1.92 bits per heavy atom. The SMILES string of the molecule is Cl.NC1(C(=O)Nc2ccc3c(ccn3CC(=O)N3CCOCC3)c2)CC1. The van der Waals surface area contributed by atoms with Crippen LogP contribution in [0.4, 0.5) is 5.69 Å². The number of fused-ring (bicyclic) bond motifs is 1. The first-order valence-electron chi connectivity index (χ1n) is 8.60. The number of amides is 2. The molecule has 7 nitrogen and oxygen atoms in total. The van der Waals surface area contributed by atoms with Crippen LogP contribution < -0.4 is 11.1 Å². The minimum Gasteiger partial charge on any atom is -0.378 e. The number of aromatic nitrogens is 1. The van der Waals surface area contributed by atoms with Gasteiger partial charge in [0.2, 0.25) is 11.8 Å². The van der Waals surface area contributed by atoms with Crippen LogP contribution in [-0.2, 0) is 20.9 Å². The van der Waals surface area contributed by atoms with Gasteiger partial charge in [-0.1, -0.05) is 0 Å². The second kappa shape index (κ2) is 7.26. The lowest BCUT2D eigenvalue weighted by molar-refractivity contribution is -0.135. The maximum Gasteiger partial charge on any atom is 0.244 e. The highest BCUT2D eigenvalue weighted by molar-refractivity contribution is 6.01. The van der Waals surface area contributed by atoms with E-state index in [1.165, 1.54) is 0 Å². The molecule has 4 rings (SSSR count). The van der Waals surface area contributed by atoms with Gasteiger partial charge >= 0.3 is 0 Å². The van der Waals surface area contributed by atoms with E-state index >= 15 is 0 Å². The van der Waals surface area contributed by atoms with Crippen molar-refractivity contribution in [3.8, 4) is 0 Å². The van der Waals surface area contributed by atoms with E-state index in [4.69, 9.17) is 10.5 Å². The molecule has 2 aliphatic rings. The lowest BCUT2D eigenvalue weighted by atomic mass is 10.2. The van der Waals surface area contributed by atoms with Gasteiger partial charge in [0.25, 0.3) is 0 Å². The van der Waals surface area contributed by atoms with Crippen LogP contribution in [0.3, 0.4) is 0 Å². The fourth-order valence-corrected chi connectivity index (χ4v) is 3.09. The van der Waals surface area contributed by atoms with E-state index in [0.717, 1.165) is 29.4 Å². The third kappa shape index (κ3) is 3.70. The Morgan fingerprint density at radius 1 is 1.19 bits per heavy atom. The molecule has 0 radical (unpaired) electrons. The molecule has 0 bridgehead atoms. The van der Waals surface area contributed by atoms with E-state index in [2.05, 4.69) is 5.32 Å². The predicted molar refractivity (Wildman–Crippen MR) is 101 cm³/mol. The second-order valence-electron chi connectivity index (χ2n) is 6.82. The molecule has 0 spiro atoms. The Labute approximate surface area is 157 Å². The van der Waals surface area contributed by atoms with Crippen molar-refractivity contribution >= 4 is 40.8 Å². The summed E-state index contributed by atoms with van der Waals surface area (Å²) < 4.78 is 7.22. The molecule has 2 amide bonds. The highest BCUT2D eigenvalue weighted by Crippen LogP contribution is 2.33. The number of hydrogen-bond acceptors (Lipinski definition) is 4. The van der Waals surface area contributed by atoms with Crippen molar-refractivity contribution in [1.29, 1.82) is 0 Å². The van der Waals surface area contributed by atoms with Gasteiger partial charge in [0.1, 0.15) is 6.54 Å². The van der Waals surface area contributed by atoms with E-state index in [0.29, 0.717) is 32.8 Å². The highest BCUT2D eigenvalue weighted by atomic mass is 35.5. The number of hydrogen-bond donors (Lipinski definition) is 2. The van der Waals surface area contributed by atoms with Gasteiger partial charge < -0.3 is 25.3 Å². The zero-order valence-corrected chi connectivity index (χ0v) is 15.3. The van der Waals surface area contributed by atoms with Crippen molar-refractivity contribution in [2.24, 2.45) is 5.73 Å². The summed E-state index contributed by atoms with van der Waals surface area (Å²) in [6.07, 6.45) is 3.38. The summed E-state index contributed by atoms with van der Waals surface area (Å²) in [5.74, 6) is -0.0363. The van der Waals surface area contributed by atoms with E-state index in [9.17, 15) is 9.59 Å². The smallest absolute Gasteiger partial charge is 0.244 e. The van der Waals surface area contributed by atoms with Crippen LogP contribution in [0, 0.1) is 0 Å². The summed E-state index contributed by atoms with van der Waals surface area (Å²) in [6.45, 7) is 2.80. The van der Waals surface area contributed by atoms with Gasteiger partial charge in [-0.3, -0.25) is 9.59 Å². The molecule has 1 aromatic heterocycles. The van der Waals surface area contributed by atoms with E-state index in [-0.39, 0.29) is 24.2 Å². The standard InChI is InChI=1S/C18H22N4O3.ClH/c19-18(4-5-18)17(24)20-14-1-2-15-13(11-14)3-6-22(15)12-16(23)21-7-9-25-10-8-21;/h1-3,6,11H,4-5,7-10,12,19H2,(H,20,24);1H. The third-order valence-corrected chi connectivity index (χ3v) is 4.94. The zero-order chi connectivity index (χ0) is 17.4. The Kier molecular flexibility index (Phi) is 5.22. The van der Waals surface area contributed by atoms with Crippen LogP contribution in [0.5, 0.6) is 0 Å². The van der Waals surface area contributed by atoms with Crippen LogP contribution in [0.1, 0.15) is 12.8 Å². The summed E-state index contributed by atoms with van der Waals surface area (Å²) in [4.78, 5) is 26.3. The number of rotatable bonds is 4. The zero-order valence-electron chi connectivity index (χ0n) is 14.4. The minimum absolute atomic E-state index is 0. The van der Waals surface area contributed by atoms with E-state index < -0.39 is 5.54 Å². The summed E-state index contributed by atoms with van der Waals surface area (Å²) >= 11 is 0. The molecule has 0 unspecified atom stereocenters. The predicted octanol–water partition coefficient (Wildman–Crippen LogP) is 1.35. The second-order valence-corrected chi connectivity index (χ2v) is 6.82. The number of halogens is 1. The summed E-state index contributed by atoms with van der Waals surface area (Å²) in [6, 6.07) is 7.64. The Hall–Kier alpha value is -2.09. The Bertz CT molecular complexity index is 825. The molecule has 2 aromatic rings. The van der Waals surface area contributed by atoms with Crippen molar-refractivity contribution in [2.45, 2.75) is 24.9 Å². The average molecular weight is 379 g/mol. The summed E-state index contributed by atoms with van der Waals surface area (Å²) in [7, 11) is 0. The molecule has 8 heteroatoms. The van der Waals surface area contributed by atoms with Gasteiger partial charge in [0.15, 0.2) is 0 Å². The van der Waals surface area contributed by atoms with Crippen molar-refractivity contribution in [1.82, 2.24) is 9.47 Å². The summed E-state index contributed by atoms with van der Waals surface area (Å²) in [5.41, 5.74) is 6.92. The van der Waals surface area contributed by atoms with Crippen molar-refractivity contribution in [2.75, 3.05) is 31.6 Å². The lowest BCUT2D eigenvalue weighted by Gasteiger charge is -2.27. The molecule has 1 aromatic carbocycles. The van der Waals surface area contributed by atoms with Gasteiger partial charge in [0, 0.05) is 35.9 Å². The normalized spacial score (nSPS) is 18.3. The van der Waals surface area contributed by atoms with Gasteiger partial charge in [-0.15, -0.1) is 12.4 Å². The van der Waals surface area contributed by atoms with Crippen LogP contribution in [0.25, 0.3) is 10.9 Å². The number of nitrogens with one attached hydrogen (secondary N) is 1. The molecule has 1 aliphatic heterocycles. The first kappa shape index (κ1) is 18.7. The average Bonchev–Trinajstić information content (AvgIpc) is 3.27. The Morgan fingerprint density at radius 3 is 2.62 bits per heavy atom. The monoisotopic (exact) mass is 378 g/mol. The maximum atomic E-state index is 12.4. The number of nitrogens with zero attached hydrogens (tertiary/aromatic N) is 2. The maximum absolute atomic E-state index is 12.4. The topological polar surface area (TPSA) is 89.6 Å². The number of morpholine rings is 1. The first-order chi connectivity index (χ1) is 12.0. The molecule has 26 heavy (non-hydrogen) atoms. The van der Waals surface area contributed by atoms with Crippen LogP contribution in [-0.4, -0.2) is 53.1 Å². The minimum atomic E-state index is -0.689. The first-order valence-corrected chi connectivity index (χ1v) is 8.60. The van der Waals surface area contributed by atoms with E-state index in [1.807, 2.05) is 39.9 Å². The quantitative estimate of drug-likeness (QED) is 0.840. The third-order valence-electron chi connectivity index (χ3n) is 4.94. The fourth-order valence-electron chi connectivity index (χ4n) is 3.09. The number of nitrogens with two attached hydrogens (primary N) is 1. The number of anilines is 1. The molecular weight excluding hydrogens is 356 g/mol. The van der Waals surface area contributed by atoms with Crippen molar-refractivity contribution < 1.29 is 14.3 Å². The molecule has 0 atom stereocenters. The van der Waals surface area contributed by atoms with E-state index in [1.54, 1.807) is 0 Å². The number of carbonyl (C=O) groups excluding carboxylic acids is 2. The van der Waals surface area contributed by atoms with Crippen molar-refractivity contribution in [3.63, 3.8) is 0 Å². The number of carbonyl (C=O) groups is 2. The molecule has 3 N–H and O–H groups in total. The van der Waals surface area contributed by atoms with Gasteiger partial charge in [-0.2, -0.15) is 0 Å². The number of benzene rings is 1. The van der Waals surface area contributed by atoms with Gasteiger partial charge in [0.05, 0.1) is 18.8 Å². The highest BCUT2D eigenvalue weighted by Gasteiger charge is 2.45. The lowest BCUT2D eigenvalue weighted by Crippen LogP contribution is -2.42. The summed E-state index contributed by atoms with van der Waals surface area (Å²) in [5, 5.41) is 3.86. The van der Waals surface area contributed by atoms with Gasteiger partial charge in [-0.05, 0) is 37.1 Å². The van der Waals surface area contributed by atoms with Crippen LogP contribution in [0.2, 0.25) is 0 Å². The van der Waals surface area contributed by atoms with Crippen LogP contribution in [0.15, 0.2) is 30.5 Å². The molecule has 1 saturated carbocycles.